The van der Waals surface area contributed by atoms with Gasteiger partial charge in [-0.05, 0) is 60.9 Å². The number of amides is 1. The topological polar surface area (TPSA) is 81.3 Å². The number of hydrogen-bond donors (Lipinski definition) is 2. The molecule has 2 N–H and O–H groups in total. The van der Waals surface area contributed by atoms with Crippen LogP contribution in [0.2, 0.25) is 0 Å². The molecule has 1 aromatic carbocycles. The highest BCUT2D eigenvalue weighted by Gasteiger charge is 2.27. The molecule has 5 rings (SSSR count). The van der Waals surface area contributed by atoms with Crippen LogP contribution in [-0.2, 0) is 0 Å². The first-order valence-electron chi connectivity index (χ1n) is 11.1. The maximum atomic E-state index is 12.4. The van der Waals surface area contributed by atoms with Crippen molar-refractivity contribution in [2.24, 2.45) is 0 Å². The van der Waals surface area contributed by atoms with Crippen LogP contribution in [0.5, 0.6) is 0 Å². The average molecular weight is 430 g/mol. The Morgan fingerprint density at radius 2 is 1.91 bits per heavy atom. The highest BCUT2D eigenvalue weighted by Crippen LogP contribution is 2.31. The summed E-state index contributed by atoms with van der Waals surface area (Å²) in [6.45, 7) is 3.88. The second-order valence-corrected chi connectivity index (χ2v) is 8.40. The number of nitrogens with one attached hydrogen (secondary N) is 2. The van der Waals surface area contributed by atoms with Crippen molar-refractivity contribution in [2.75, 3.05) is 38.1 Å². The van der Waals surface area contributed by atoms with E-state index in [1.54, 1.807) is 19.3 Å². The molecule has 1 aliphatic carbocycles. The first kappa shape index (κ1) is 20.5. The van der Waals surface area contributed by atoms with Crippen LogP contribution in [0.4, 0.5) is 5.69 Å². The molecular formula is C25H27N5O2. The number of hydrogen-bond acceptors (Lipinski definition) is 5. The van der Waals surface area contributed by atoms with E-state index in [1.165, 1.54) is 5.57 Å². The lowest BCUT2D eigenvalue weighted by Crippen LogP contribution is -2.49. The van der Waals surface area contributed by atoms with Crippen molar-refractivity contribution in [3.8, 4) is 0 Å². The van der Waals surface area contributed by atoms with Gasteiger partial charge in [-0.1, -0.05) is 6.08 Å². The van der Waals surface area contributed by atoms with Gasteiger partial charge in [0.1, 0.15) is 0 Å². The Balaban J connectivity index is 1.25. The van der Waals surface area contributed by atoms with Crippen LogP contribution in [0.1, 0.15) is 28.9 Å². The fourth-order valence-corrected chi connectivity index (χ4v) is 4.75. The third kappa shape index (κ3) is 3.91. The van der Waals surface area contributed by atoms with E-state index in [9.17, 15) is 9.59 Å². The van der Waals surface area contributed by atoms with Gasteiger partial charge in [0, 0.05) is 62.4 Å². The normalized spacial score (nSPS) is 19.2. The Bertz CT molecular complexity index is 1220. The van der Waals surface area contributed by atoms with Crippen molar-refractivity contribution < 1.29 is 4.79 Å². The largest absolute Gasteiger partial charge is 0.369 e. The van der Waals surface area contributed by atoms with E-state index < -0.39 is 0 Å². The summed E-state index contributed by atoms with van der Waals surface area (Å²) in [6, 6.07) is 13.8. The number of benzene rings is 1. The number of aromatic amines is 1. The van der Waals surface area contributed by atoms with Crippen LogP contribution in [0.3, 0.4) is 0 Å². The van der Waals surface area contributed by atoms with Crippen molar-refractivity contribution in [3.63, 3.8) is 0 Å². The molecule has 0 saturated carbocycles. The molecule has 164 valence electrons. The second-order valence-electron chi connectivity index (χ2n) is 8.40. The van der Waals surface area contributed by atoms with Gasteiger partial charge in [-0.2, -0.15) is 0 Å². The number of nitrogens with zero attached hydrogens (tertiary/aromatic N) is 3. The van der Waals surface area contributed by atoms with Crippen LogP contribution in [0, 0.1) is 0 Å². The predicted molar refractivity (Wildman–Crippen MR) is 127 cm³/mol. The molecule has 0 spiro atoms. The summed E-state index contributed by atoms with van der Waals surface area (Å²) in [6.07, 6.45) is 6.06. The van der Waals surface area contributed by atoms with E-state index >= 15 is 0 Å². The van der Waals surface area contributed by atoms with Crippen molar-refractivity contribution in [1.29, 1.82) is 0 Å². The summed E-state index contributed by atoms with van der Waals surface area (Å²) < 4.78 is 0. The lowest BCUT2D eigenvalue weighted by Gasteiger charge is -2.38. The smallest absolute Gasteiger partial charge is 0.257 e. The van der Waals surface area contributed by atoms with Crippen LogP contribution in [0.15, 0.2) is 59.5 Å². The first-order chi connectivity index (χ1) is 15.6. The highest BCUT2D eigenvalue weighted by atomic mass is 16.1. The van der Waals surface area contributed by atoms with Crippen LogP contribution in [0.25, 0.3) is 16.5 Å². The molecule has 3 heterocycles. The van der Waals surface area contributed by atoms with E-state index in [0.717, 1.165) is 55.9 Å². The fourth-order valence-electron chi connectivity index (χ4n) is 4.75. The summed E-state index contributed by atoms with van der Waals surface area (Å²) in [5, 5.41) is 3.29. The molecule has 0 radical (unpaired) electrons. The van der Waals surface area contributed by atoms with Crippen LogP contribution in [-0.4, -0.2) is 60.0 Å². The predicted octanol–water partition coefficient (Wildman–Crippen LogP) is 2.65. The van der Waals surface area contributed by atoms with Crippen LogP contribution < -0.4 is 15.8 Å². The SMILES string of the molecule is CNC(=O)c1ccc(N2CCN(C3C=C(c4cc5ncccc5c(=O)[nH]4)CC3)CC2)cc1. The second kappa shape index (κ2) is 8.59. The number of aromatic nitrogens is 2. The van der Waals surface area contributed by atoms with Gasteiger partial charge < -0.3 is 15.2 Å². The number of rotatable bonds is 4. The molecule has 1 saturated heterocycles. The molecule has 7 heteroatoms. The van der Waals surface area contributed by atoms with Gasteiger partial charge in [0.05, 0.1) is 10.9 Å². The Morgan fingerprint density at radius 1 is 1.12 bits per heavy atom. The zero-order chi connectivity index (χ0) is 22.1. The molecule has 1 fully saturated rings. The van der Waals surface area contributed by atoms with E-state index in [1.807, 2.05) is 36.4 Å². The number of carbonyl (C=O) groups excluding carboxylic acids is 1. The molecule has 0 bridgehead atoms. The first-order valence-corrected chi connectivity index (χ1v) is 11.1. The molecule has 2 aromatic heterocycles. The minimum absolute atomic E-state index is 0.0614. The molecule has 1 atom stereocenters. The summed E-state index contributed by atoms with van der Waals surface area (Å²) in [5.41, 5.74) is 4.59. The summed E-state index contributed by atoms with van der Waals surface area (Å²) in [7, 11) is 1.65. The van der Waals surface area contributed by atoms with E-state index in [0.29, 0.717) is 17.0 Å². The van der Waals surface area contributed by atoms with E-state index in [2.05, 4.69) is 31.2 Å². The third-order valence-electron chi connectivity index (χ3n) is 6.57. The highest BCUT2D eigenvalue weighted by molar-refractivity contribution is 5.94. The molecule has 3 aromatic rings. The van der Waals surface area contributed by atoms with Crippen molar-refractivity contribution >= 4 is 28.1 Å². The Hall–Kier alpha value is -3.45. The van der Waals surface area contributed by atoms with Gasteiger partial charge in [-0.25, -0.2) is 0 Å². The van der Waals surface area contributed by atoms with Gasteiger partial charge in [0.25, 0.3) is 11.5 Å². The summed E-state index contributed by atoms with van der Waals surface area (Å²) in [5.74, 6) is -0.0614. The van der Waals surface area contributed by atoms with Crippen molar-refractivity contribution in [3.05, 3.63) is 76.3 Å². The number of anilines is 1. The van der Waals surface area contributed by atoms with E-state index in [-0.39, 0.29) is 11.5 Å². The number of pyridine rings is 2. The lowest BCUT2D eigenvalue weighted by atomic mass is 10.1. The Labute approximate surface area is 186 Å². The molecular weight excluding hydrogens is 402 g/mol. The summed E-state index contributed by atoms with van der Waals surface area (Å²) >= 11 is 0. The zero-order valence-corrected chi connectivity index (χ0v) is 18.2. The maximum absolute atomic E-state index is 12.4. The van der Waals surface area contributed by atoms with Crippen molar-refractivity contribution in [1.82, 2.24) is 20.2 Å². The average Bonchev–Trinajstić information content (AvgIpc) is 3.34. The Kier molecular flexibility index (Phi) is 5.49. The molecule has 2 aliphatic rings. The van der Waals surface area contributed by atoms with Gasteiger partial charge >= 0.3 is 0 Å². The zero-order valence-electron chi connectivity index (χ0n) is 18.2. The maximum Gasteiger partial charge on any atom is 0.257 e. The minimum Gasteiger partial charge on any atom is -0.369 e. The third-order valence-corrected chi connectivity index (χ3v) is 6.57. The summed E-state index contributed by atoms with van der Waals surface area (Å²) in [4.78, 5) is 36.5. The number of fused-ring (bicyclic) bond motifs is 1. The Morgan fingerprint density at radius 3 is 2.66 bits per heavy atom. The van der Waals surface area contributed by atoms with Gasteiger partial charge in [-0.3, -0.25) is 19.5 Å². The van der Waals surface area contributed by atoms with Gasteiger partial charge in [0.2, 0.25) is 0 Å². The van der Waals surface area contributed by atoms with Crippen molar-refractivity contribution in [2.45, 2.75) is 18.9 Å². The quantitative estimate of drug-likeness (QED) is 0.667. The standard InChI is InChI=1S/C25H27N5O2/c1-26-24(31)17-4-7-19(8-5-17)29-11-13-30(14-12-29)20-9-6-18(15-20)22-16-23-21(25(32)28-22)3-2-10-27-23/h2-5,7-8,10,15-16,20H,6,9,11-14H2,1H3,(H,26,31)(H,28,32). The number of H-pyrrole nitrogens is 1. The van der Waals surface area contributed by atoms with Gasteiger partial charge in [-0.15, -0.1) is 0 Å². The number of carbonyl (C=O) groups is 1. The molecule has 32 heavy (non-hydrogen) atoms. The molecule has 1 aliphatic heterocycles. The minimum atomic E-state index is -0.0778. The number of allylic oxidation sites excluding steroid dienone is 1. The molecule has 7 nitrogen and oxygen atoms in total. The van der Waals surface area contributed by atoms with Crippen LogP contribution >= 0.6 is 0 Å². The number of piperazine rings is 1. The molecule has 1 unspecified atom stereocenters. The van der Waals surface area contributed by atoms with E-state index in [4.69, 9.17) is 0 Å². The van der Waals surface area contributed by atoms with Gasteiger partial charge in [0.15, 0.2) is 0 Å². The monoisotopic (exact) mass is 429 g/mol. The molecule has 1 amide bonds. The lowest BCUT2D eigenvalue weighted by molar-refractivity contribution is 0.0963. The fraction of sp³-hybridized carbons (Fsp3) is 0.320.